The number of aromatic nitrogens is 1. The van der Waals surface area contributed by atoms with Crippen LogP contribution >= 0.6 is 0 Å². The molecule has 7 heteroatoms. The quantitative estimate of drug-likeness (QED) is 0.812. The van der Waals surface area contributed by atoms with Crippen LogP contribution in [0.3, 0.4) is 0 Å². The molecule has 0 bridgehead atoms. The highest BCUT2D eigenvalue weighted by atomic mass is 16.5. The molecule has 1 aromatic rings. The van der Waals surface area contributed by atoms with Gasteiger partial charge in [-0.15, -0.1) is 0 Å². The molecule has 1 fully saturated rings. The molecule has 144 valence electrons. The second-order valence-corrected chi connectivity index (χ2v) is 6.91. The third-order valence-corrected chi connectivity index (χ3v) is 5.13. The number of rotatable bonds is 5. The molecule has 1 N–H and O–H groups in total. The summed E-state index contributed by atoms with van der Waals surface area (Å²) < 4.78 is 10.1. The molecule has 7 nitrogen and oxygen atoms in total. The summed E-state index contributed by atoms with van der Waals surface area (Å²) >= 11 is 0. The fraction of sp³-hybridized carbons (Fsp3) is 0.632. The van der Waals surface area contributed by atoms with E-state index in [1.54, 1.807) is 32.7 Å². The van der Waals surface area contributed by atoms with Gasteiger partial charge in [-0.2, -0.15) is 0 Å². The molecule has 1 aliphatic rings. The Morgan fingerprint density at radius 1 is 1.12 bits per heavy atom. The third-order valence-electron chi connectivity index (χ3n) is 5.13. The summed E-state index contributed by atoms with van der Waals surface area (Å²) in [5, 5.41) is 0. The van der Waals surface area contributed by atoms with Crippen molar-refractivity contribution in [3.8, 4) is 0 Å². The van der Waals surface area contributed by atoms with E-state index < -0.39 is 18.0 Å². The van der Waals surface area contributed by atoms with Crippen molar-refractivity contribution in [2.45, 2.75) is 65.0 Å². The monoisotopic (exact) mass is 364 g/mol. The number of hydrogen-bond acceptors (Lipinski definition) is 5. The number of likely N-dealkylation sites (N-methyl/N-ethyl adjacent to an activating group) is 1. The summed E-state index contributed by atoms with van der Waals surface area (Å²) in [5.41, 5.74) is 1.47. The molecule has 26 heavy (non-hydrogen) atoms. The van der Waals surface area contributed by atoms with E-state index in [0.717, 1.165) is 25.7 Å². The first-order chi connectivity index (χ1) is 12.3. The SMILES string of the molecule is COC(=O)c1c(C)[nH]c(C(=O)O[C@@H](C)C(=O)N(C)C2CCCCC2)c1C. The van der Waals surface area contributed by atoms with Crippen LogP contribution in [0.2, 0.25) is 0 Å². The minimum Gasteiger partial charge on any atom is -0.465 e. The molecular formula is C19H28N2O5. The van der Waals surface area contributed by atoms with Crippen LogP contribution in [-0.2, 0) is 14.3 Å². The van der Waals surface area contributed by atoms with E-state index >= 15 is 0 Å². The Morgan fingerprint density at radius 2 is 1.73 bits per heavy atom. The topological polar surface area (TPSA) is 88.7 Å². The second kappa shape index (κ2) is 8.38. The van der Waals surface area contributed by atoms with Gasteiger partial charge in [0.2, 0.25) is 0 Å². The predicted octanol–water partition coefficient (Wildman–Crippen LogP) is 2.75. The van der Waals surface area contributed by atoms with Gasteiger partial charge < -0.3 is 19.4 Å². The molecule has 0 saturated heterocycles. The molecule has 1 saturated carbocycles. The fourth-order valence-electron chi connectivity index (χ4n) is 3.57. The highest BCUT2D eigenvalue weighted by molar-refractivity contribution is 5.99. The average Bonchev–Trinajstić information content (AvgIpc) is 2.94. The van der Waals surface area contributed by atoms with E-state index in [0.29, 0.717) is 16.8 Å². The minimum absolute atomic E-state index is 0.169. The first kappa shape index (κ1) is 20.0. The maximum atomic E-state index is 12.6. The van der Waals surface area contributed by atoms with Crippen molar-refractivity contribution in [2.75, 3.05) is 14.2 Å². The number of esters is 2. The number of carbonyl (C=O) groups is 3. The first-order valence-electron chi connectivity index (χ1n) is 9.03. The normalized spacial score (nSPS) is 16.0. The number of carbonyl (C=O) groups excluding carboxylic acids is 3. The number of amides is 1. The molecule has 0 unspecified atom stereocenters. The summed E-state index contributed by atoms with van der Waals surface area (Å²) in [7, 11) is 3.05. The van der Waals surface area contributed by atoms with Crippen LogP contribution in [0.4, 0.5) is 0 Å². The Morgan fingerprint density at radius 3 is 2.31 bits per heavy atom. The minimum atomic E-state index is -0.890. The van der Waals surface area contributed by atoms with Gasteiger partial charge in [-0.1, -0.05) is 19.3 Å². The first-order valence-corrected chi connectivity index (χ1v) is 9.03. The van der Waals surface area contributed by atoms with Crippen molar-refractivity contribution in [1.82, 2.24) is 9.88 Å². The van der Waals surface area contributed by atoms with Gasteiger partial charge >= 0.3 is 11.9 Å². The van der Waals surface area contributed by atoms with E-state index in [-0.39, 0.29) is 17.6 Å². The third kappa shape index (κ3) is 4.08. The van der Waals surface area contributed by atoms with E-state index in [9.17, 15) is 14.4 Å². The van der Waals surface area contributed by atoms with Gasteiger partial charge in [0, 0.05) is 18.8 Å². The maximum absolute atomic E-state index is 12.6. The molecule has 1 aliphatic carbocycles. The van der Waals surface area contributed by atoms with Crippen molar-refractivity contribution in [2.24, 2.45) is 0 Å². The number of aromatic amines is 1. The Kier molecular flexibility index (Phi) is 6.45. The number of nitrogens with zero attached hydrogens (tertiary/aromatic N) is 1. The molecule has 1 atom stereocenters. The molecule has 1 aromatic heterocycles. The molecule has 0 aromatic carbocycles. The van der Waals surface area contributed by atoms with Crippen LogP contribution in [-0.4, -0.2) is 54.0 Å². The molecule has 2 rings (SSSR count). The molecule has 1 heterocycles. The van der Waals surface area contributed by atoms with Gasteiger partial charge in [0.1, 0.15) is 5.69 Å². The second-order valence-electron chi connectivity index (χ2n) is 6.91. The van der Waals surface area contributed by atoms with Gasteiger partial charge in [-0.25, -0.2) is 9.59 Å². The fourth-order valence-corrected chi connectivity index (χ4v) is 3.57. The molecular weight excluding hydrogens is 336 g/mol. The highest BCUT2D eigenvalue weighted by Gasteiger charge is 2.30. The largest absolute Gasteiger partial charge is 0.465 e. The molecule has 1 amide bonds. The lowest BCUT2D eigenvalue weighted by molar-refractivity contribution is -0.141. The Hall–Kier alpha value is -2.31. The zero-order valence-corrected chi connectivity index (χ0v) is 16.2. The Labute approximate surface area is 154 Å². The van der Waals surface area contributed by atoms with Crippen LogP contribution in [0.1, 0.15) is 71.1 Å². The van der Waals surface area contributed by atoms with Gasteiger partial charge in [0.25, 0.3) is 5.91 Å². The molecule has 0 spiro atoms. The van der Waals surface area contributed by atoms with Crippen LogP contribution in [0.15, 0.2) is 0 Å². The van der Waals surface area contributed by atoms with Crippen molar-refractivity contribution in [1.29, 1.82) is 0 Å². The predicted molar refractivity (Wildman–Crippen MR) is 96.1 cm³/mol. The van der Waals surface area contributed by atoms with Crippen molar-refractivity contribution in [3.05, 3.63) is 22.5 Å². The maximum Gasteiger partial charge on any atom is 0.355 e. The van der Waals surface area contributed by atoms with Crippen molar-refractivity contribution in [3.63, 3.8) is 0 Å². The summed E-state index contributed by atoms with van der Waals surface area (Å²) in [6.07, 6.45) is 4.53. The summed E-state index contributed by atoms with van der Waals surface area (Å²) in [6.45, 7) is 4.90. The lowest BCUT2D eigenvalue weighted by atomic mass is 9.94. The van der Waals surface area contributed by atoms with Gasteiger partial charge in [-0.05, 0) is 39.2 Å². The highest BCUT2D eigenvalue weighted by Crippen LogP contribution is 2.23. The van der Waals surface area contributed by atoms with Crippen LogP contribution in [0, 0.1) is 13.8 Å². The Bertz CT molecular complexity index is 688. The Balaban J connectivity index is 2.07. The van der Waals surface area contributed by atoms with E-state index in [1.807, 2.05) is 0 Å². The summed E-state index contributed by atoms with van der Waals surface area (Å²) in [5.74, 6) is -1.38. The number of hydrogen-bond donors (Lipinski definition) is 1. The van der Waals surface area contributed by atoms with Gasteiger partial charge in [0.15, 0.2) is 6.10 Å². The number of ether oxygens (including phenoxy) is 2. The number of nitrogens with one attached hydrogen (secondary N) is 1. The van der Waals surface area contributed by atoms with E-state index in [4.69, 9.17) is 9.47 Å². The van der Waals surface area contributed by atoms with E-state index in [2.05, 4.69) is 4.98 Å². The van der Waals surface area contributed by atoms with Crippen LogP contribution in [0.25, 0.3) is 0 Å². The van der Waals surface area contributed by atoms with Gasteiger partial charge in [-0.3, -0.25) is 4.79 Å². The number of methoxy groups -OCH3 is 1. The van der Waals surface area contributed by atoms with Crippen LogP contribution in [0.5, 0.6) is 0 Å². The average molecular weight is 364 g/mol. The van der Waals surface area contributed by atoms with E-state index in [1.165, 1.54) is 13.5 Å². The lowest BCUT2D eigenvalue weighted by Crippen LogP contribution is -2.44. The zero-order chi connectivity index (χ0) is 19.4. The number of aryl methyl sites for hydroxylation is 1. The summed E-state index contributed by atoms with van der Waals surface area (Å²) in [4.78, 5) is 41.5. The van der Waals surface area contributed by atoms with Gasteiger partial charge in [0.05, 0.1) is 12.7 Å². The van der Waals surface area contributed by atoms with Crippen molar-refractivity contribution >= 4 is 17.8 Å². The lowest BCUT2D eigenvalue weighted by Gasteiger charge is -2.32. The zero-order valence-electron chi connectivity index (χ0n) is 16.2. The molecule has 0 aliphatic heterocycles. The molecule has 0 radical (unpaired) electrons. The number of H-pyrrole nitrogens is 1. The standard InChI is InChI=1S/C19H28N2O5/c1-11-15(18(23)25-5)12(2)20-16(11)19(24)26-13(3)17(22)21(4)14-9-7-6-8-10-14/h13-14,20H,6-10H2,1-5H3/t13-/m0/s1. The van der Waals surface area contributed by atoms with Crippen LogP contribution < -0.4 is 0 Å². The smallest absolute Gasteiger partial charge is 0.355 e. The summed E-state index contributed by atoms with van der Waals surface area (Å²) in [6, 6.07) is 0.206. The van der Waals surface area contributed by atoms with Crippen molar-refractivity contribution < 1.29 is 23.9 Å².